The number of hydrogen-bond acceptors (Lipinski definition) is 0. The Balaban J connectivity index is 1.58. The van der Waals surface area contributed by atoms with Crippen LogP contribution in [0.1, 0.15) is 92.6 Å². The van der Waals surface area contributed by atoms with E-state index in [2.05, 4.69) is 126 Å². The fourth-order valence-electron chi connectivity index (χ4n) is 7.31. The van der Waals surface area contributed by atoms with Gasteiger partial charge in [-0.3, -0.25) is 0 Å². The van der Waals surface area contributed by atoms with Gasteiger partial charge in [0.05, 0.1) is 0 Å². The molecule has 0 spiro atoms. The molecule has 4 aromatic rings. The average molecular weight is 689 g/mol. The van der Waals surface area contributed by atoms with Gasteiger partial charge in [-0.2, -0.15) is 0 Å². The van der Waals surface area contributed by atoms with Crippen molar-refractivity contribution in [1.29, 1.82) is 0 Å². The van der Waals surface area contributed by atoms with E-state index >= 15 is 0 Å². The molecule has 1 atom stereocenters. The van der Waals surface area contributed by atoms with E-state index in [1.165, 1.54) is 63.7 Å². The van der Waals surface area contributed by atoms with Crippen molar-refractivity contribution in [1.82, 2.24) is 0 Å². The number of benzene rings is 4. The van der Waals surface area contributed by atoms with Crippen molar-refractivity contribution in [3.63, 3.8) is 0 Å². The molecule has 0 fully saturated rings. The van der Waals surface area contributed by atoms with Gasteiger partial charge in [0.25, 0.3) is 0 Å². The molecule has 0 radical (unpaired) electrons. The zero-order chi connectivity index (χ0) is 29.8. The monoisotopic (exact) mass is 686 g/mol. The molecule has 1 aliphatic heterocycles. The Morgan fingerprint density at radius 2 is 1.52 bits per heavy atom. The van der Waals surface area contributed by atoms with Crippen LogP contribution < -0.4 is 13.6 Å². The Hall–Kier alpha value is -1.70. The summed E-state index contributed by atoms with van der Waals surface area (Å²) in [6, 6.07) is 29.5. The van der Waals surface area contributed by atoms with Crippen LogP contribution in [0, 0.1) is 0 Å². The molecule has 4 heteroatoms. The zero-order valence-electron chi connectivity index (χ0n) is 25.8. The Kier molecular flexibility index (Phi) is 8.42. The summed E-state index contributed by atoms with van der Waals surface area (Å²) in [7, 11) is 15.3. The van der Waals surface area contributed by atoms with Gasteiger partial charge in [-0.15, -0.1) is 0 Å². The van der Waals surface area contributed by atoms with Crippen molar-refractivity contribution in [3.8, 4) is 22.3 Å². The molecule has 42 heavy (non-hydrogen) atoms. The van der Waals surface area contributed by atoms with E-state index in [1.54, 1.807) is 0 Å². The van der Waals surface area contributed by atoms with Crippen molar-refractivity contribution in [3.05, 3.63) is 107 Å². The Morgan fingerprint density at radius 1 is 0.833 bits per heavy atom. The summed E-state index contributed by atoms with van der Waals surface area (Å²) in [5.41, 5.74) is 12.5. The fourth-order valence-corrected chi connectivity index (χ4v) is 24.2. The van der Waals surface area contributed by atoms with Crippen molar-refractivity contribution in [2.24, 2.45) is 0 Å². The van der Waals surface area contributed by atoms with Crippen LogP contribution in [0.3, 0.4) is 0 Å². The maximum atomic E-state index is 7.96. The van der Waals surface area contributed by atoms with Gasteiger partial charge in [0, 0.05) is 0 Å². The van der Waals surface area contributed by atoms with Gasteiger partial charge in [0.1, 0.15) is 0 Å². The van der Waals surface area contributed by atoms with Crippen molar-refractivity contribution in [2.75, 3.05) is 0 Å². The molecule has 4 aromatic carbocycles. The normalized spacial score (nSPS) is 16.5. The number of rotatable bonds is 7. The van der Waals surface area contributed by atoms with Gasteiger partial charge in [-0.1, -0.05) is 0 Å². The molecule has 0 nitrogen and oxygen atoms in total. The van der Waals surface area contributed by atoms with Crippen LogP contribution in [0.25, 0.3) is 28.3 Å². The van der Waals surface area contributed by atoms with E-state index in [4.69, 9.17) is 17.0 Å². The second-order valence-corrected chi connectivity index (χ2v) is 29.4. The van der Waals surface area contributed by atoms with E-state index in [1.807, 2.05) is 0 Å². The molecule has 2 aliphatic rings. The van der Waals surface area contributed by atoms with E-state index in [0.717, 1.165) is 19.3 Å². The minimum atomic E-state index is -4.02. The third-order valence-corrected chi connectivity index (χ3v) is 23.7. The minimum absolute atomic E-state index is 0.00386. The van der Waals surface area contributed by atoms with Gasteiger partial charge in [0.2, 0.25) is 0 Å². The van der Waals surface area contributed by atoms with Crippen LogP contribution in [0.15, 0.2) is 84.4 Å². The van der Waals surface area contributed by atoms with E-state index in [9.17, 15) is 0 Å². The number of allylic oxidation sites excluding steroid dienone is 1. The predicted octanol–water partition coefficient (Wildman–Crippen LogP) is 9.29. The van der Waals surface area contributed by atoms with Gasteiger partial charge in [-0.25, -0.2) is 0 Å². The van der Waals surface area contributed by atoms with Gasteiger partial charge in [-0.05, 0) is 0 Å². The third kappa shape index (κ3) is 5.19. The zero-order valence-corrected chi connectivity index (χ0v) is 31.2. The van der Waals surface area contributed by atoms with E-state index in [-0.39, 0.29) is 9.04 Å². The van der Waals surface area contributed by atoms with Crippen molar-refractivity contribution < 1.29 is 17.9 Å². The second kappa shape index (κ2) is 11.7. The summed E-state index contributed by atoms with van der Waals surface area (Å²) < 4.78 is 1.43. The van der Waals surface area contributed by atoms with Gasteiger partial charge >= 0.3 is 269 Å². The summed E-state index contributed by atoms with van der Waals surface area (Å²) in [6.07, 6.45) is 5.88. The first-order valence-corrected chi connectivity index (χ1v) is 26.0. The summed E-state index contributed by atoms with van der Waals surface area (Å²) in [4.78, 5) is 0. The molecule has 0 aromatic heterocycles. The number of unbranched alkanes of at least 4 members (excludes halogenated alkanes) is 1. The molecule has 1 aliphatic carbocycles. The molecule has 0 saturated carbocycles. The van der Waals surface area contributed by atoms with E-state index in [0.29, 0.717) is 5.92 Å². The maximum absolute atomic E-state index is 7.96. The van der Waals surface area contributed by atoms with Gasteiger partial charge < -0.3 is 0 Å². The molecule has 0 bridgehead atoms. The summed E-state index contributed by atoms with van der Waals surface area (Å²) in [5.74, 6) is 0.434. The number of halogens is 2. The van der Waals surface area contributed by atoms with Crippen LogP contribution >= 0.6 is 17.0 Å². The van der Waals surface area contributed by atoms with Crippen LogP contribution in [-0.2, 0) is 23.3 Å². The molecule has 1 unspecified atom stereocenters. The summed E-state index contributed by atoms with van der Waals surface area (Å²) >= 11 is -4.02. The third-order valence-electron chi connectivity index (χ3n) is 9.34. The summed E-state index contributed by atoms with van der Waals surface area (Å²) in [5, 5.41) is 3.02. The topological polar surface area (TPSA) is 0 Å². The standard InChI is InChI=1S/C26H33.C12H9Si.2ClH.Zr/c1-7-8-11-19-16-20-14-15-24(26(4,5)6)25(23(20)17-19)22-13-10-9-12-21(22)18(2)3;1-3-7-11-9(5-1)10-6-2-4-8-12(10)13-11;;;/h9-10,12-18H,7-8,11H2,1-6H3;1-7H,13H2;2*1H;/q;;;;+2/p-2. The van der Waals surface area contributed by atoms with Crippen LogP contribution in [0.4, 0.5) is 0 Å². The molecule has 1 heterocycles. The molecular formula is C38H42Cl2SiZr. The van der Waals surface area contributed by atoms with Crippen LogP contribution in [-0.4, -0.2) is 9.52 Å². The summed E-state index contributed by atoms with van der Waals surface area (Å²) in [6.45, 7) is 13.9. The second-order valence-electron chi connectivity index (χ2n) is 13.5. The fraction of sp³-hybridized carbons (Fsp3) is 0.316. The molecular weight excluding hydrogens is 647 g/mol. The van der Waals surface area contributed by atoms with E-state index < -0.39 is 27.4 Å². The van der Waals surface area contributed by atoms with Crippen molar-refractivity contribution >= 4 is 46.3 Å². The Morgan fingerprint density at radius 3 is 2.24 bits per heavy atom. The molecule has 0 amide bonds. The first-order valence-electron chi connectivity index (χ1n) is 15.6. The molecule has 6 rings (SSSR count). The van der Waals surface area contributed by atoms with Crippen LogP contribution in [0.2, 0.25) is 0 Å². The first-order chi connectivity index (χ1) is 20.0. The Bertz CT molecular complexity index is 1690. The SMILES string of the molecule is CCCCC1=Cc2c(ccc(C(C)(C)C)c2-c2ccccc2C(C)C)[CH]1[Zr]([Cl])([Cl])[c]1cccc2c1[SiH2]c1ccccc1-2. The predicted molar refractivity (Wildman–Crippen MR) is 186 cm³/mol. The first kappa shape index (κ1) is 30.3. The number of fused-ring (bicyclic) bond motifs is 4. The van der Waals surface area contributed by atoms with Crippen molar-refractivity contribution in [2.45, 2.75) is 75.8 Å². The molecule has 0 N–H and O–H groups in total. The average Bonchev–Trinajstić information content (AvgIpc) is 3.53. The van der Waals surface area contributed by atoms with Crippen LogP contribution in [0.5, 0.6) is 0 Å². The Labute approximate surface area is 266 Å². The quantitative estimate of drug-likeness (QED) is 0.150. The molecule has 216 valence electrons. The number of hydrogen-bond donors (Lipinski definition) is 0. The molecule has 0 saturated heterocycles. The van der Waals surface area contributed by atoms with Gasteiger partial charge in [0.15, 0.2) is 0 Å².